The van der Waals surface area contributed by atoms with E-state index < -0.39 is 0 Å². The van der Waals surface area contributed by atoms with Gasteiger partial charge in [0.1, 0.15) is 0 Å². The number of rotatable bonds is 4. The minimum atomic E-state index is -0.0603. The highest BCUT2D eigenvalue weighted by molar-refractivity contribution is 6.31. The predicted octanol–water partition coefficient (Wildman–Crippen LogP) is 2.04. The molecule has 0 aliphatic carbocycles. The van der Waals surface area contributed by atoms with Crippen LogP contribution in [0, 0.1) is 0 Å². The van der Waals surface area contributed by atoms with Gasteiger partial charge in [-0.3, -0.25) is 4.79 Å². The molecule has 0 aromatic heterocycles. The first-order chi connectivity index (χ1) is 7.56. The molecule has 0 bridgehead atoms. The number of nitrogens with two attached hydrogens (primary N) is 1. The smallest absolute Gasteiger partial charge is 0.236 e. The third-order valence-electron chi connectivity index (χ3n) is 2.42. The molecular formula is C12H17ClN2O. The summed E-state index contributed by atoms with van der Waals surface area (Å²) in [5.74, 6) is -0.0603. The standard InChI is InChI=1S/C12H17ClN2O/c1-9(2)15(12(16)7-14)8-10-5-3-4-6-11(10)13/h3-6,9H,7-8,14H2,1-2H3. The summed E-state index contributed by atoms with van der Waals surface area (Å²) >= 11 is 6.05. The van der Waals surface area contributed by atoms with Crippen molar-refractivity contribution in [3.05, 3.63) is 34.9 Å². The van der Waals surface area contributed by atoms with Crippen molar-refractivity contribution in [3.63, 3.8) is 0 Å². The normalized spacial score (nSPS) is 10.6. The van der Waals surface area contributed by atoms with Crippen LogP contribution in [0.1, 0.15) is 19.4 Å². The summed E-state index contributed by atoms with van der Waals surface area (Å²) in [4.78, 5) is 13.4. The van der Waals surface area contributed by atoms with Gasteiger partial charge >= 0.3 is 0 Å². The van der Waals surface area contributed by atoms with Gasteiger partial charge in [-0.15, -0.1) is 0 Å². The molecule has 1 aromatic rings. The van der Waals surface area contributed by atoms with Crippen molar-refractivity contribution in [1.82, 2.24) is 4.90 Å². The van der Waals surface area contributed by atoms with Gasteiger partial charge in [0, 0.05) is 17.6 Å². The number of carbonyl (C=O) groups excluding carboxylic acids is 1. The van der Waals surface area contributed by atoms with E-state index in [4.69, 9.17) is 17.3 Å². The van der Waals surface area contributed by atoms with Crippen molar-refractivity contribution < 1.29 is 4.79 Å². The average Bonchev–Trinajstić information content (AvgIpc) is 2.26. The summed E-state index contributed by atoms with van der Waals surface area (Å²) in [7, 11) is 0. The summed E-state index contributed by atoms with van der Waals surface area (Å²) in [5, 5.41) is 0.679. The number of amides is 1. The van der Waals surface area contributed by atoms with Gasteiger partial charge in [-0.2, -0.15) is 0 Å². The molecule has 1 amide bonds. The summed E-state index contributed by atoms with van der Waals surface area (Å²) in [6.07, 6.45) is 0. The lowest BCUT2D eigenvalue weighted by atomic mass is 10.2. The van der Waals surface area contributed by atoms with Crippen molar-refractivity contribution in [1.29, 1.82) is 0 Å². The van der Waals surface area contributed by atoms with Crippen molar-refractivity contribution in [2.75, 3.05) is 6.54 Å². The van der Waals surface area contributed by atoms with Crippen LogP contribution in [0.2, 0.25) is 5.02 Å². The van der Waals surface area contributed by atoms with Gasteiger partial charge in [0.05, 0.1) is 6.54 Å². The third kappa shape index (κ3) is 3.22. The molecule has 0 saturated heterocycles. The summed E-state index contributed by atoms with van der Waals surface area (Å²) in [5.41, 5.74) is 6.32. The summed E-state index contributed by atoms with van der Waals surface area (Å²) in [6, 6.07) is 7.64. The van der Waals surface area contributed by atoms with Crippen LogP contribution in [0.3, 0.4) is 0 Å². The maximum Gasteiger partial charge on any atom is 0.236 e. The van der Waals surface area contributed by atoms with Gasteiger partial charge in [-0.25, -0.2) is 0 Å². The van der Waals surface area contributed by atoms with Crippen LogP contribution in [0.4, 0.5) is 0 Å². The molecule has 0 heterocycles. The Kier molecular flexibility index (Phi) is 4.77. The lowest BCUT2D eigenvalue weighted by Crippen LogP contribution is -2.40. The van der Waals surface area contributed by atoms with E-state index in [2.05, 4.69) is 0 Å². The van der Waals surface area contributed by atoms with Gasteiger partial charge in [0.15, 0.2) is 0 Å². The van der Waals surface area contributed by atoms with E-state index in [1.54, 1.807) is 4.90 Å². The average molecular weight is 241 g/mol. The maximum atomic E-state index is 11.6. The van der Waals surface area contributed by atoms with Gasteiger partial charge in [-0.1, -0.05) is 29.8 Å². The molecule has 0 radical (unpaired) electrons. The summed E-state index contributed by atoms with van der Waals surface area (Å²) < 4.78 is 0. The quantitative estimate of drug-likeness (QED) is 0.876. The van der Waals surface area contributed by atoms with E-state index in [9.17, 15) is 4.79 Å². The Balaban J connectivity index is 2.84. The molecule has 0 saturated carbocycles. The second-order valence-electron chi connectivity index (χ2n) is 3.91. The lowest BCUT2D eigenvalue weighted by Gasteiger charge is -2.26. The Hall–Kier alpha value is -1.06. The fourth-order valence-corrected chi connectivity index (χ4v) is 1.68. The van der Waals surface area contributed by atoms with Crippen LogP contribution in [0.25, 0.3) is 0 Å². The maximum absolute atomic E-state index is 11.6. The van der Waals surface area contributed by atoms with Crippen molar-refractivity contribution >= 4 is 17.5 Å². The van der Waals surface area contributed by atoms with E-state index in [-0.39, 0.29) is 18.5 Å². The van der Waals surface area contributed by atoms with Crippen LogP contribution in [0.5, 0.6) is 0 Å². The van der Waals surface area contributed by atoms with Crippen LogP contribution in [0.15, 0.2) is 24.3 Å². The fourth-order valence-electron chi connectivity index (χ4n) is 1.49. The zero-order valence-corrected chi connectivity index (χ0v) is 10.4. The molecule has 16 heavy (non-hydrogen) atoms. The number of hydrogen-bond acceptors (Lipinski definition) is 2. The van der Waals surface area contributed by atoms with Gasteiger partial charge < -0.3 is 10.6 Å². The molecule has 4 heteroatoms. The molecule has 0 fully saturated rings. The number of benzene rings is 1. The van der Waals surface area contributed by atoms with E-state index in [1.165, 1.54) is 0 Å². The zero-order valence-electron chi connectivity index (χ0n) is 9.61. The molecule has 0 spiro atoms. The second kappa shape index (κ2) is 5.87. The third-order valence-corrected chi connectivity index (χ3v) is 2.79. The Morgan fingerprint density at radius 2 is 2.06 bits per heavy atom. The molecule has 1 rings (SSSR count). The highest BCUT2D eigenvalue weighted by Crippen LogP contribution is 2.18. The van der Waals surface area contributed by atoms with Crippen molar-refractivity contribution in [2.45, 2.75) is 26.4 Å². The van der Waals surface area contributed by atoms with Crippen LogP contribution in [-0.2, 0) is 11.3 Å². The molecule has 1 aromatic carbocycles. The number of hydrogen-bond donors (Lipinski definition) is 1. The minimum Gasteiger partial charge on any atom is -0.335 e. The number of carbonyl (C=O) groups is 1. The zero-order chi connectivity index (χ0) is 12.1. The first kappa shape index (κ1) is 13.0. The second-order valence-corrected chi connectivity index (χ2v) is 4.32. The van der Waals surface area contributed by atoms with Crippen molar-refractivity contribution in [2.24, 2.45) is 5.73 Å². The number of halogens is 1. The molecule has 88 valence electrons. The fraction of sp³-hybridized carbons (Fsp3) is 0.417. The Bertz CT molecular complexity index is 366. The Labute approximate surface area is 101 Å². The van der Waals surface area contributed by atoms with Crippen molar-refractivity contribution in [3.8, 4) is 0 Å². The van der Waals surface area contributed by atoms with Crippen LogP contribution in [-0.4, -0.2) is 23.4 Å². The molecule has 0 atom stereocenters. The Morgan fingerprint density at radius 1 is 1.44 bits per heavy atom. The molecule has 3 nitrogen and oxygen atoms in total. The SMILES string of the molecule is CC(C)N(Cc1ccccc1Cl)C(=O)CN. The topological polar surface area (TPSA) is 46.3 Å². The predicted molar refractivity (Wildman–Crippen MR) is 66.2 cm³/mol. The molecule has 0 unspecified atom stereocenters. The lowest BCUT2D eigenvalue weighted by molar-refractivity contribution is -0.132. The van der Waals surface area contributed by atoms with E-state index in [0.717, 1.165) is 5.56 Å². The number of nitrogens with zero attached hydrogens (tertiary/aromatic N) is 1. The van der Waals surface area contributed by atoms with Crippen LogP contribution < -0.4 is 5.73 Å². The first-order valence-corrected chi connectivity index (χ1v) is 5.67. The van der Waals surface area contributed by atoms with Gasteiger partial charge in [-0.05, 0) is 25.5 Å². The van der Waals surface area contributed by atoms with Gasteiger partial charge in [0.25, 0.3) is 0 Å². The van der Waals surface area contributed by atoms with E-state index >= 15 is 0 Å². The largest absolute Gasteiger partial charge is 0.335 e. The van der Waals surface area contributed by atoms with Crippen LogP contribution >= 0.6 is 11.6 Å². The molecule has 2 N–H and O–H groups in total. The molecular weight excluding hydrogens is 224 g/mol. The Morgan fingerprint density at radius 3 is 2.56 bits per heavy atom. The minimum absolute atomic E-state index is 0.0304. The molecule has 0 aliphatic heterocycles. The van der Waals surface area contributed by atoms with Gasteiger partial charge in [0.2, 0.25) is 5.91 Å². The monoisotopic (exact) mass is 240 g/mol. The van der Waals surface area contributed by atoms with E-state index in [1.807, 2.05) is 38.1 Å². The highest BCUT2D eigenvalue weighted by Gasteiger charge is 2.16. The first-order valence-electron chi connectivity index (χ1n) is 5.29. The molecule has 0 aliphatic rings. The highest BCUT2D eigenvalue weighted by atomic mass is 35.5. The van der Waals surface area contributed by atoms with E-state index in [0.29, 0.717) is 11.6 Å². The summed E-state index contributed by atoms with van der Waals surface area (Å²) in [6.45, 7) is 4.46.